The van der Waals surface area contributed by atoms with Crippen LogP contribution in [0.5, 0.6) is 0 Å². The Morgan fingerprint density at radius 2 is 2.11 bits per heavy atom. The number of carbonyl (C=O) groups is 1. The maximum absolute atomic E-state index is 13.4. The van der Waals surface area contributed by atoms with Crippen molar-refractivity contribution in [3.05, 3.63) is 30.0 Å². The third-order valence-electron chi connectivity index (χ3n) is 7.61. The second-order valence-electron chi connectivity index (χ2n) is 9.68. The molecule has 0 saturated heterocycles. The van der Waals surface area contributed by atoms with Gasteiger partial charge in [-0.1, -0.05) is 11.8 Å². The van der Waals surface area contributed by atoms with Crippen LogP contribution in [0.2, 0.25) is 0 Å². The molecule has 0 aromatic carbocycles. The predicted molar refractivity (Wildman–Crippen MR) is 129 cm³/mol. The number of thioether (sulfide) groups is 1. The second-order valence-corrected chi connectivity index (χ2v) is 10.7. The van der Waals surface area contributed by atoms with Gasteiger partial charge < -0.3 is 20.1 Å². The van der Waals surface area contributed by atoms with Crippen LogP contribution in [0.3, 0.4) is 0 Å². The zero-order valence-corrected chi connectivity index (χ0v) is 20.2. The van der Waals surface area contributed by atoms with Gasteiger partial charge in [-0.3, -0.25) is 10.1 Å². The standard InChI is InChI=1S/C25H29F3N4O2S/c1-29-22(33)17-13-18(17)23(34)30-10-2-4-15-12-21-20(31-19-9-7-14-6-8-16(14)19)5-3-11-32(21)24(15)35-25(26,27)28/h3,5,11-12,14,16-19,22,29,31,33H,6-10,13H2,1H3,(H,30,34)/t14-,16?,17?,18+,19+,22?/m0/s1. The average Bonchev–Trinajstić information content (AvgIpc) is 3.45. The van der Waals surface area contributed by atoms with Crippen LogP contribution in [-0.2, 0) is 4.79 Å². The molecule has 0 spiro atoms. The van der Waals surface area contributed by atoms with Gasteiger partial charge in [0.2, 0.25) is 5.91 Å². The summed E-state index contributed by atoms with van der Waals surface area (Å²) in [4.78, 5) is 12.2. The Bertz CT molecular complexity index is 1170. The quantitative estimate of drug-likeness (QED) is 0.261. The fourth-order valence-corrected chi connectivity index (χ4v) is 6.25. The fraction of sp³-hybridized carbons (Fsp3) is 0.560. The minimum atomic E-state index is -4.46. The molecule has 4 N–H and O–H groups in total. The monoisotopic (exact) mass is 506 g/mol. The molecule has 2 heterocycles. The average molecular weight is 507 g/mol. The number of rotatable bonds is 7. The van der Waals surface area contributed by atoms with Crippen molar-refractivity contribution in [3.8, 4) is 11.8 Å². The number of aromatic nitrogens is 1. The van der Waals surface area contributed by atoms with Crippen molar-refractivity contribution in [2.24, 2.45) is 23.7 Å². The van der Waals surface area contributed by atoms with Gasteiger partial charge in [0.25, 0.3) is 0 Å². The number of nitrogens with one attached hydrogen (secondary N) is 3. The summed E-state index contributed by atoms with van der Waals surface area (Å²) in [5, 5.41) is 18.8. The molecule has 6 atom stereocenters. The molecule has 5 rings (SSSR count). The lowest BCUT2D eigenvalue weighted by molar-refractivity contribution is -0.122. The van der Waals surface area contributed by atoms with E-state index in [-0.39, 0.29) is 46.6 Å². The van der Waals surface area contributed by atoms with Crippen LogP contribution in [0.4, 0.5) is 18.9 Å². The maximum Gasteiger partial charge on any atom is 0.447 e. The Morgan fingerprint density at radius 3 is 2.80 bits per heavy atom. The number of aliphatic hydroxyl groups is 1. The second kappa shape index (κ2) is 9.60. The Labute approximate surface area is 206 Å². The number of carbonyl (C=O) groups excluding carboxylic acids is 1. The van der Waals surface area contributed by atoms with E-state index in [9.17, 15) is 23.1 Å². The van der Waals surface area contributed by atoms with E-state index in [1.165, 1.54) is 19.3 Å². The SMILES string of the molecule is CNC(O)C1C[C@H]1C(=O)NCC#Cc1cc2c(N[C@@H]3CC[C@@H]4CCC43)cccn2c1SC(F)(F)F. The van der Waals surface area contributed by atoms with E-state index in [0.29, 0.717) is 23.9 Å². The maximum atomic E-state index is 13.4. The minimum absolute atomic E-state index is 0.0160. The van der Waals surface area contributed by atoms with E-state index in [0.717, 1.165) is 18.0 Å². The predicted octanol–water partition coefficient (Wildman–Crippen LogP) is 3.79. The smallest absolute Gasteiger partial charge is 0.380 e. The van der Waals surface area contributed by atoms with Gasteiger partial charge in [0.1, 0.15) is 11.3 Å². The van der Waals surface area contributed by atoms with Gasteiger partial charge in [-0.05, 0) is 69.2 Å². The fourth-order valence-electron chi connectivity index (χ4n) is 5.55. The number of fused-ring (bicyclic) bond motifs is 2. The first-order valence-corrected chi connectivity index (χ1v) is 12.8. The molecule has 6 nitrogen and oxygen atoms in total. The number of halogens is 3. The molecule has 10 heteroatoms. The van der Waals surface area contributed by atoms with Crippen molar-refractivity contribution in [3.63, 3.8) is 0 Å². The molecule has 2 aromatic heterocycles. The summed E-state index contributed by atoms with van der Waals surface area (Å²) < 4.78 is 41.7. The van der Waals surface area contributed by atoms with Crippen LogP contribution >= 0.6 is 11.8 Å². The third kappa shape index (κ3) is 5.13. The zero-order valence-electron chi connectivity index (χ0n) is 19.4. The Balaban J connectivity index is 1.33. The van der Waals surface area contributed by atoms with E-state index in [4.69, 9.17) is 0 Å². The van der Waals surface area contributed by atoms with Crippen LogP contribution < -0.4 is 16.0 Å². The van der Waals surface area contributed by atoms with Crippen LogP contribution in [0.15, 0.2) is 29.4 Å². The van der Waals surface area contributed by atoms with Crippen LogP contribution in [-0.4, -0.2) is 46.8 Å². The molecule has 0 bridgehead atoms. The first-order chi connectivity index (χ1) is 16.7. The lowest BCUT2D eigenvalue weighted by atomic mass is 9.75. The minimum Gasteiger partial charge on any atom is -0.380 e. The van der Waals surface area contributed by atoms with E-state index in [1.54, 1.807) is 29.8 Å². The number of nitrogens with zero attached hydrogens (tertiary/aromatic N) is 1. The normalized spacial score (nSPS) is 28.0. The molecule has 3 unspecified atom stereocenters. The van der Waals surface area contributed by atoms with E-state index in [2.05, 4.69) is 27.8 Å². The van der Waals surface area contributed by atoms with Gasteiger partial charge in [0.05, 0.1) is 23.3 Å². The van der Waals surface area contributed by atoms with Crippen molar-refractivity contribution in [1.82, 2.24) is 15.0 Å². The molecule has 0 aliphatic heterocycles. The topological polar surface area (TPSA) is 77.8 Å². The Kier molecular flexibility index (Phi) is 6.68. The van der Waals surface area contributed by atoms with Crippen LogP contribution in [0.25, 0.3) is 5.52 Å². The number of pyridine rings is 1. The highest BCUT2D eigenvalue weighted by Crippen LogP contribution is 2.48. The third-order valence-corrected chi connectivity index (χ3v) is 8.45. The summed E-state index contributed by atoms with van der Waals surface area (Å²) in [5.74, 6) is 6.46. The molecule has 188 valence electrons. The van der Waals surface area contributed by atoms with Crippen molar-refractivity contribution in [2.75, 3.05) is 18.9 Å². The summed E-state index contributed by atoms with van der Waals surface area (Å²) >= 11 is -0.177. The molecule has 3 fully saturated rings. The summed E-state index contributed by atoms with van der Waals surface area (Å²) in [7, 11) is 1.63. The highest BCUT2D eigenvalue weighted by Gasteiger charge is 2.47. The molecule has 3 aliphatic rings. The summed E-state index contributed by atoms with van der Waals surface area (Å²) in [5.41, 5.74) is -2.70. The van der Waals surface area contributed by atoms with Gasteiger partial charge in [0.15, 0.2) is 0 Å². The van der Waals surface area contributed by atoms with E-state index >= 15 is 0 Å². The molecule has 3 saturated carbocycles. The molecular weight excluding hydrogens is 477 g/mol. The van der Waals surface area contributed by atoms with Gasteiger partial charge >= 0.3 is 5.51 Å². The molecule has 0 radical (unpaired) electrons. The molecule has 2 aromatic rings. The molecule has 1 amide bonds. The number of aliphatic hydroxyl groups excluding tert-OH is 1. The molecule has 3 aliphatic carbocycles. The van der Waals surface area contributed by atoms with Crippen molar-refractivity contribution < 1.29 is 23.1 Å². The highest BCUT2D eigenvalue weighted by atomic mass is 32.2. The molecular formula is C25H29F3N4O2S. The summed E-state index contributed by atoms with van der Waals surface area (Å²) in [6.07, 6.45) is 6.27. The Morgan fingerprint density at radius 1 is 1.31 bits per heavy atom. The zero-order chi connectivity index (χ0) is 24.7. The first kappa shape index (κ1) is 24.3. The number of alkyl halides is 3. The van der Waals surface area contributed by atoms with Crippen LogP contribution in [0.1, 0.15) is 37.7 Å². The van der Waals surface area contributed by atoms with Crippen molar-refractivity contribution >= 4 is 28.9 Å². The summed E-state index contributed by atoms with van der Waals surface area (Å²) in [6.45, 7) is 0.0241. The lowest BCUT2D eigenvalue weighted by Crippen LogP contribution is -2.33. The summed E-state index contributed by atoms with van der Waals surface area (Å²) in [6, 6.07) is 5.71. The van der Waals surface area contributed by atoms with Gasteiger partial charge in [-0.2, -0.15) is 13.2 Å². The number of anilines is 1. The largest absolute Gasteiger partial charge is 0.447 e. The van der Waals surface area contributed by atoms with Crippen molar-refractivity contribution in [2.45, 2.75) is 54.9 Å². The van der Waals surface area contributed by atoms with Gasteiger partial charge in [-0.25, -0.2) is 0 Å². The Hall–Kier alpha value is -2.35. The molecule has 35 heavy (non-hydrogen) atoms. The number of hydrogen-bond acceptors (Lipinski definition) is 5. The number of amides is 1. The van der Waals surface area contributed by atoms with Gasteiger partial charge in [0, 0.05) is 35.8 Å². The van der Waals surface area contributed by atoms with Crippen molar-refractivity contribution in [1.29, 1.82) is 0 Å². The highest BCUT2D eigenvalue weighted by molar-refractivity contribution is 8.00. The first-order valence-electron chi connectivity index (χ1n) is 12.0. The van der Waals surface area contributed by atoms with E-state index in [1.807, 2.05) is 6.07 Å². The number of hydrogen-bond donors (Lipinski definition) is 4. The lowest BCUT2D eigenvalue weighted by Gasteiger charge is -2.34. The van der Waals surface area contributed by atoms with Gasteiger partial charge in [-0.15, -0.1) is 0 Å². The van der Waals surface area contributed by atoms with Crippen LogP contribution in [0, 0.1) is 35.5 Å². The van der Waals surface area contributed by atoms with E-state index < -0.39 is 11.7 Å².